The van der Waals surface area contributed by atoms with Gasteiger partial charge in [0.25, 0.3) is 0 Å². The first-order valence-electron chi connectivity index (χ1n) is 16.0. The number of rotatable bonds is 13. The van der Waals surface area contributed by atoms with E-state index in [2.05, 4.69) is 97.1 Å². The molecule has 0 aliphatic carbocycles. The molecular weight excluding hydrogens is 560 g/mol. The summed E-state index contributed by atoms with van der Waals surface area (Å²) in [5.74, 6) is 0.208. The van der Waals surface area contributed by atoms with Crippen LogP contribution in [-0.2, 0) is 10.8 Å². The van der Waals surface area contributed by atoms with Gasteiger partial charge in [0, 0.05) is 34.8 Å². The Hall–Kier alpha value is -5.34. The Labute approximate surface area is 272 Å². The molecular formula is C44H38O2. The topological polar surface area (TPSA) is 34.1 Å². The van der Waals surface area contributed by atoms with Crippen LogP contribution in [-0.4, -0.2) is 11.6 Å². The van der Waals surface area contributed by atoms with Crippen molar-refractivity contribution >= 4 is 11.6 Å². The second-order valence-electron chi connectivity index (χ2n) is 11.9. The van der Waals surface area contributed by atoms with Gasteiger partial charge < -0.3 is 0 Å². The van der Waals surface area contributed by atoms with E-state index in [4.69, 9.17) is 0 Å². The van der Waals surface area contributed by atoms with E-state index in [9.17, 15) is 9.59 Å². The number of benzene rings is 6. The molecule has 6 aromatic carbocycles. The Morgan fingerprint density at radius 1 is 0.326 bits per heavy atom. The molecule has 0 aliphatic rings. The summed E-state index contributed by atoms with van der Waals surface area (Å²) >= 11 is 0. The minimum atomic E-state index is -0.723. The van der Waals surface area contributed by atoms with Crippen molar-refractivity contribution in [3.8, 4) is 0 Å². The smallest absolute Gasteiger partial charge is 0.162 e. The third-order valence-corrected chi connectivity index (χ3v) is 9.44. The number of carbonyl (C=O) groups excluding carboxylic acids is 2. The quantitative estimate of drug-likeness (QED) is 0.124. The lowest BCUT2D eigenvalue weighted by Crippen LogP contribution is -2.51. The van der Waals surface area contributed by atoms with E-state index in [1.54, 1.807) is 0 Å². The molecule has 0 spiro atoms. The molecule has 0 heterocycles. The van der Waals surface area contributed by atoms with Gasteiger partial charge in [-0.25, -0.2) is 0 Å². The van der Waals surface area contributed by atoms with Gasteiger partial charge in [-0.2, -0.15) is 0 Å². The maximum atomic E-state index is 14.0. The first-order chi connectivity index (χ1) is 22.6. The van der Waals surface area contributed by atoms with Crippen molar-refractivity contribution in [3.63, 3.8) is 0 Å². The summed E-state index contributed by atoms with van der Waals surface area (Å²) in [5, 5.41) is 0. The minimum absolute atomic E-state index is 0.104. The van der Waals surface area contributed by atoms with Gasteiger partial charge in [-0.3, -0.25) is 9.59 Å². The lowest BCUT2D eigenvalue weighted by Gasteiger charge is -2.53. The van der Waals surface area contributed by atoms with E-state index in [-0.39, 0.29) is 11.6 Å². The summed E-state index contributed by atoms with van der Waals surface area (Å²) in [6.07, 6.45) is 1.75. The molecule has 0 amide bonds. The van der Waals surface area contributed by atoms with Crippen LogP contribution in [0.1, 0.15) is 68.7 Å². The Morgan fingerprint density at radius 2 is 0.543 bits per heavy atom. The van der Waals surface area contributed by atoms with Crippen LogP contribution in [0.4, 0.5) is 0 Å². The van der Waals surface area contributed by atoms with Crippen LogP contribution in [0.15, 0.2) is 182 Å². The number of carbonyl (C=O) groups is 2. The van der Waals surface area contributed by atoms with Gasteiger partial charge in [-0.1, -0.05) is 182 Å². The molecule has 226 valence electrons. The fourth-order valence-electron chi connectivity index (χ4n) is 7.35. The van der Waals surface area contributed by atoms with Crippen LogP contribution in [0.3, 0.4) is 0 Å². The van der Waals surface area contributed by atoms with Gasteiger partial charge in [0.05, 0.1) is 0 Å². The van der Waals surface area contributed by atoms with Crippen LogP contribution >= 0.6 is 0 Å². The largest absolute Gasteiger partial charge is 0.294 e. The molecule has 0 saturated carbocycles. The fourth-order valence-corrected chi connectivity index (χ4v) is 7.35. The highest BCUT2D eigenvalue weighted by molar-refractivity contribution is 5.97. The maximum Gasteiger partial charge on any atom is 0.162 e. The van der Waals surface area contributed by atoms with Crippen molar-refractivity contribution in [1.29, 1.82) is 0 Å². The van der Waals surface area contributed by atoms with Crippen molar-refractivity contribution in [2.24, 2.45) is 0 Å². The highest BCUT2D eigenvalue weighted by Gasteiger charge is 2.55. The summed E-state index contributed by atoms with van der Waals surface area (Å²) < 4.78 is 0. The summed E-state index contributed by atoms with van der Waals surface area (Å²) in [5.41, 5.74) is 4.43. The predicted octanol–water partition coefficient (Wildman–Crippen LogP) is 10.3. The van der Waals surface area contributed by atoms with Crippen molar-refractivity contribution in [1.82, 2.24) is 0 Å². The Morgan fingerprint density at radius 3 is 0.783 bits per heavy atom. The first-order valence-corrected chi connectivity index (χ1v) is 16.0. The number of hydrogen-bond donors (Lipinski definition) is 0. The van der Waals surface area contributed by atoms with E-state index in [0.29, 0.717) is 36.8 Å². The van der Waals surface area contributed by atoms with Crippen LogP contribution < -0.4 is 0 Å². The van der Waals surface area contributed by atoms with Gasteiger partial charge >= 0.3 is 0 Å². The molecule has 0 saturated heterocycles. The molecule has 0 aromatic heterocycles. The van der Waals surface area contributed by atoms with Crippen LogP contribution in [0.25, 0.3) is 0 Å². The lowest BCUT2D eigenvalue weighted by molar-refractivity contribution is 0.0939. The molecule has 0 atom stereocenters. The van der Waals surface area contributed by atoms with Gasteiger partial charge in [-0.15, -0.1) is 0 Å². The molecule has 46 heavy (non-hydrogen) atoms. The third-order valence-electron chi connectivity index (χ3n) is 9.44. The normalized spacial score (nSPS) is 11.6. The molecule has 6 rings (SSSR count). The van der Waals surface area contributed by atoms with Crippen molar-refractivity contribution in [2.75, 3.05) is 0 Å². The minimum Gasteiger partial charge on any atom is -0.294 e. The average molecular weight is 599 g/mol. The molecule has 0 bridgehead atoms. The number of hydrogen-bond acceptors (Lipinski definition) is 2. The molecule has 2 heteroatoms. The maximum absolute atomic E-state index is 14.0. The second-order valence-corrected chi connectivity index (χ2v) is 11.9. The highest BCUT2D eigenvalue weighted by Crippen LogP contribution is 2.58. The Kier molecular flexibility index (Phi) is 9.45. The first kappa shape index (κ1) is 30.7. The molecule has 0 unspecified atom stereocenters. The second kappa shape index (κ2) is 14.2. The number of Topliss-reactive ketones (excluding diaryl/α,β-unsaturated/α-hetero) is 2. The van der Waals surface area contributed by atoms with E-state index in [1.165, 1.54) is 0 Å². The Bertz CT molecular complexity index is 1610. The summed E-state index contributed by atoms with van der Waals surface area (Å²) in [7, 11) is 0. The van der Waals surface area contributed by atoms with Crippen LogP contribution in [0.5, 0.6) is 0 Å². The fraction of sp³-hybridized carbons (Fsp3) is 0.136. The van der Waals surface area contributed by atoms with E-state index in [0.717, 1.165) is 22.3 Å². The zero-order chi connectivity index (χ0) is 31.7. The molecule has 2 nitrogen and oxygen atoms in total. The number of ketones is 2. The third kappa shape index (κ3) is 5.99. The zero-order valence-electron chi connectivity index (χ0n) is 26.0. The van der Waals surface area contributed by atoms with Crippen LogP contribution in [0.2, 0.25) is 0 Å². The molecule has 0 radical (unpaired) electrons. The molecule has 0 fully saturated rings. The predicted molar refractivity (Wildman–Crippen MR) is 187 cm³/mol. The van der Waals surface area contributed by atoms with E-state index in [1.807, 2.05) is 84.9 Å². The van der Waals surface area contributed by atoms with Gasteiger partial charge in [-0.05, 0) is 35.1 Å². The molecule has 0 N–H and O–H groups in total. The Balaban J connectivity index is 1.65. The lowest BCUT2D eigenvalue weighted by atomic mass is 9.48. The van der Waals surface area contributed by atoms with E-state index >= 15 is 0 Å². The van der Waals surface area contributed by atoms with Crippen molar-refractivity contribution in [2.45, 2.75) is 36.5 Å². The van der Waals surface area contributed by atoms with Crippen molar-refractivity contribution < 1.29 is 9.59 Å². The highest BCUT2D eigenvalue weighted by atomic mass is 16.1. The SMILES string of the molecule is O=C(CCC(c1ccccc1)(c1ccccc1)C(CCC(=O)c1ccccc1)(c1ccccc1)c1ccccc1)c1ccccc1. The molecule has 6 aromatic rings. The standard InChI is InChI=1S/C44H38O2/c45-41(35-19-7-1-8-20-35)31-33-43(37-23-11-3-12-24-37,38-25-13-4-14-26-38)44(39-27-15-5-16-28-39,40-29-17-6-18-30-40)34-32-42(46)36-21-9-2-10-22-36/h1-30H,31-34H2. The summed E-state index contributed by atoms with van der Waals surface area (Å²) in [6, 6.07) is 61.5. The van der Waals surface area contributed by atoms with E-state index < -0.39 is 10.8 Å². The van der Waals surface area contributed by atoms with Gasteiger partial charge in [0.15, 0.2) is 11.6 Å². The summed E-state index contributed by atoms with van der Waals surface area (Å²) in [6.45, 7) is 0. The average Bonchev–Trinajstić information content (AvgIpc) is 3.15. The van der Waals surface area contributed by atoms with Crippen molar-refractivity contribution in [3.05, 3.63) is 215 Å². The van der Waals surface area contributed by atoms with Crippen LogP contribution in [0, 0.1) is 0 Å². The monoisotopic (exact) mass is 598 g/mol. The molecule has 0 aliphatic heterocycles. The summed E-state index contributed by atoms with van der Waals surface area (Å²) in [4.78, 5) is 27.9. The van der Waals surface area contributed by atoms with Gasteiger partial charge in [0.2, 0.25) is 0 Å². The van der Waals surface area contributed by atoms with Gasteiger partial charge in [0.1, 0.15) is 0 Å². The zero-order valence-corrected chi connectivity index (χ0v) is 26.0.